The lowest BCUT2D eigenvalue weighted by molar-refractivity contribution is -0.0746. The van der Waals surface area contributed by atoms with Crippen molar-refractivity contribution in [3.63, 3.8) is 0 Å². The van der Waals surface area contributed by atoms with Gasteiger partial charge in [0.05, 0.1) is 12.2 Å². The molecule has 0 aromatic heterocycles. The van der Waals surface area contributed by atoms with Gasteiger partial charge in [-0.25, -0.2) is 0 Å². The molecule has 2 atom stereocenters. The van der Waals surface area contributed by atoms with Gasteiger partial charge in [-0.1, -0.05) is 20.8 Å². The van der Waals surface area contributed by atoms with Crippen LogP contribution < -0.4 is 0 Å². The molecule has 0 N–H and O–H groups in total. The third kappa shape index (κ3) is 4.10. The largest absolute Gasteiger partial charge is 0.373 e. The number of rotatable bonds is 1. The van der Waals surface area contributed by atoms with Gasteiger partial charge in [-0.05, 0) is 19.3 Å². The second-order valence-corrected chi connectivity index (χ2v) is 5.51. The third-order valence-corrected chi connectivity index (χ3v) is 2.19. The van der Waals surface area contributed by atoms with Gasteiger partial charge in [0.2, 0.25) is 0 Å². The van der Waals surface area contributed by atoms with E-state index in [2.05, 4.69) is 39.5 Å². The molecule has 1 aliphatic heterocycles. The Kier molecular flexibility index (Phi) is 3.36. The predicted octanol–water partition coefficient (Wildman–Crippen LogP) is 2.14. The van der Waals surface area contributed by atoms with Crippen LogP contribution in [0.25, 0.3) is 0 Å². The summed E-state index contributed by atoms with van der Waals surface area (Å²) >= 11 is 0. The molecular formula is C11H23NO. The smallest absolute Gasteiger partial charge is 0.0678 e. The van der Waals surface area contributed by atoms with Crippen LogP contribution in [0.4, 0.5) is 0 Å². The van der Waals surface area contributed by atoms with E-state index in [4.69, 9.17) is 4.74 Å². The summed E-state index contributed by atoms with van der Waals surface area (Å²) in [6, 6.07) is 0. The fourth-order valence-electron chi connectivity index (χ4n) is 2.08. The standard InChI is InChI=1S/C11H23NO/c1-9-6-12(7-10(2)13-9)8-11(3,4)5/h9-10H,6-8H2,1-5H3/t9-,10+. The minimum Gasteiger partial charge on any atom is -0.373 e. The van der Waals surface area contributed by atoms with Crippen molar-refractivity contribution in [1.29, 1.82) is 0 Å². The number of hydrogen-bond acceptors (Lipinski definition) is 2. The van der Waals surface area contributed by atoms with Crippen molar-refractivity contribution in [2.45, 2.75) is 46.8 Å². The molecule has 0 unspecified atom stereocenters. The van der Waals surface area contributed by atoms with Crippen LogP contribution in [0.1, 0.15) is 34.6 Å². The molecule has 0 radical (unpaired) electrons. The van der Waals surface area contributed by atoms with Crippen molar-refractivity contribution in [2.75, 3.05) is 19.6 Å². The summed E-state index contributed by atoms with van der Waals surface area (Å²) in [5, 5.41) is 0. The zero-order chi connectivity index (χ0) is 10.1. The van der Waals surface area contributed by atoms with Crippen LogP contribution in [0.5, 0.6) is 0 Å². The summed E-state index contributed by atoms with van der Waals surface area (Å²) in [7, 11) is 0. The van der Waals surface area contributed by atoms with Gasteiger partial charge in [-0.15, -0.1) is 0 Å². The Labute approximate surface area is 82.3 Å². The first-order valence-electron chi connectivity index (χ1n) is 5.24. The van der Waals surface area contributed by atoms with E-state index >= 15 is 0 Å². The third-order valence-electron chi connectivity index (χ3n) is 2.19. The Morgan fingerprint density at radius 1 is 1.15 bits per heavy atom. The Morgan fingerprint density at radius 3 is 2.00 bits per heavy atom. The van der Waals surface area contributed by atoms with Gasteiger partial charge >= 0.3 is 0 Å². The van der Waals surface area contributed by atoms with E-state index in [1.165, 1.54) is 6.54 Å². The maximum absolute atomic E-state index is 5.69. The molecular weight excluding hydrogens is 162 g/mol. The number of morpholine rings is 1. The molecule has 0 amide bonds. The van der Waals surface area contributed by atoms with Gasteiger partial charge < -0.3 is 4.74 Å². The minimum absolute atomic E-state index is 0.395. The van der Waals surface area contributed by atoms with Gasteiger partial charge in [0.25, 0.3) is 0 Å². The van der Waals surface area contributed by atoms with Crippen LogP contribution in [0.3, 0.4) is 0 Å². The topological polar surface area (TPSA) is 12.5 Å². The van der Waals surface area contributed by atoms with Crippen molar-refractivity contribution in [1.82, 2.24) is 4.90 Å². The summed E-state index contributed by atoms with van der Waals surface area (Å²) in [6.07, 6.45) is 0.789. The molecule has 0 aromatic rings. The number of ether oxygens (including phenoxy) is 1. The molecule has 78 valence electrons. The SMILES string of the molecule is C[C@@H]1CN(CC(C)(C)C)C[C@H](C)O1. The van der Waals surface area contributed by atoms with Gasteiger partial charge in [0.1, 0.15) is 0 Å². The zero-order valence-electron chi connectivity index (χ0n) is 9.63. The Morgan fingerprint density at radius 2 is 1.62 bits per heavy atom. The Bertz CT molecular complexity index is 152. The molecule has 0 aliphatic carbocycles. The fraction of sp³-hybridized carbons (Fsp3) is 1.00. The van der Waals surface area contributed by atoms with Crippen LogP contribution in [-0.2, 0) is 4.74 Å². The first-order chi connectivity index (χ1) is 5.87. The van der Waals surface area contributed by atoms with E-state index in [9.17, 15) is 0 Å². The van der Waals surface area contributed by atoms with E-state index in [1.54, 1.807) is 0 Å². The molecule has 1 saturated heterocycles. The second kappa shape index (κ2) is 3.97. The van der Waals surface area contributed by atoms with Crippen LogP contribution in [0.2, 0.25) is 0 Å². The highest BCUT2D eigenvalue weighted by Crippen LogP contribution is 2.19. The highest BCUT2D eigenvalue weighted by Gasteiger charge is 2.25. The normalized spacial score (nSPS) is 32.1. The molecule has 1 aliphatic rings. The van der Waals surface area contributed by atoms with E-state index in [1.807, 2.05) is 0 Å². The van der Waals surface area contributed by atoms with Gasteiger partial charge in [0.15, 0.2) is 0 Å². The lowest BCUT2D eigenvalue weighted by atomic mass is 9.95. The minimum atomic E-state index is 0.395. The van der Waals surface area contributed by atoms with E-state index in [-0.39, 0.29) is 0 Å². The monoisotopic (exact) mass is 185 g/mol. The van der Waals surface area contributed by atoms with Crippen molar-refractivity contribution in [2.24, 2.45) is 5.41 Å². The molecule has 0 aromatic carbocycles. The second-order valence-electron chi connectivity index (χ2n) is 5.51. The summed E-state index contributed by atoms with van der Waals surface area (Å²) in [4.78, 5) is 2.51. The average molecular weight is 185 g/mol. The molecule has 2 heteroatoms. The molecule has 1 heterocycles. The molecule has 0 bridgehead atoms. The van der Waals surface area contributed by atoms with Crippen LogP contribution in [-0.4, -0.2) is 36.7 Å². The molecule has 2 nitrogen and oxygen atoms in total. The summed E-state index contributed by atoms with van der Waals surface area (Å²) in [6.45, 7) is 14.5. The van der Waals surface area contributed by atoms with E-state index in [0.717, 1.165) is 13.1 Å². The van der Waals surface area contributed by atoms with Crippen molar-refractivity contribution in [3.05, 3.63) is 0 Å². The van der Waals surface area contributed by atoms with Crippen LogP contribution >= 0.6 is 0 Å². The summed E-state index contributed by atoms with van der Waals surface area (Å²) < 4.78 is 5.69. The van der Waals surface area contributed by atoms with Gasteiger partial charge in [-0.2, -0.15) is 0 Å². The van der Waals surface area contributed by atoms with E-state index in [0.29, 0.717) is 17.6 Å². The van der Waals surface area contributed by atoms with Crippen molar-refractivity contribution in [3.8, 4) is 0 Å². The lowest BCUT2D eigenvalue weighted by Crippen LogP contribution is -2.48. The van der Waals surface area contributed by atoms with E-state index < -0.39 is 0 Å². The maximum atomic E-state index is 5.69. The number of nitrogens with zero attached hydrogens (tertiary/aromatic N) is 1. The highest BCUT2D eigenvalue weighted by atomic mass is 16.5. The van der Waals surface area contributed by atoms with Gasteiger partial charge in [0, 0.05) is 19.6 Å². The van der Waals surface area contributed by atoms with Gasteiger partial charge in [-0.3, -0.25) is 4.90 Å². The van der Waals surface area contributed by atoms with Crippen molar-refractivity contribution < 1.29 is 4.74 Å². The maximum Gasteiger partial charge on any atom is 0.0678 e. The van der Waals surface area contributed by atoms with Crippen LogP contribution in [0, 0.1) is 5.41 Å². The average Bonchev–Trinajstić information content (AvgIpc) is 1.78. The fourth-order valence-corrected chi connectivity index (χ4v) is 2.08. The molecule has 0 saturated carbocycles. The first kappa shape index (κ1) is 11.0. The van der Waals surface area contributed by atoms with Crippen LogP contribution in [0.15, 0.2) is 0 Å². The lowest BCUT2D eigenvalue weighted by Gasteiger charge is -2.38. The Hall–Kier alpha value is -0.0800. The first-order valence-corrected chi connectivity index (χ1v) is 5.24. The quantitative estimate of drug-likeness (QED) is 0.620. The highest BCUT2D eigenvalue weighted by molar-refractivity contribution is 4.77. The molecule has 13 heavy (non-hydrogen) atoms. The number of hydrogen-bond donors (Lipinski definition) is 0. The molecule has 1 rings (SSSR count). The summed E-state index contributed by atoms with van der Waals surface area (Å²) in [5.74, 6) is 0. The predicted molar refractivity (Wildman–Crippen MR) is 55.9 cm³/mol. The molecule has 0 spiro atoms. The summed E-state index contributed by atoms with van der Waals surface area (Å²) in [5.41, 5.74) is 0.400. The Balaban J connectivity index is 2.42. The zero-order valence-corrected chi connectivity index (χ0v) is 9.63. The van der Waals surface area contributed by atoms with Crippen molar-refractivity contribution >= 4 is 0 Å². The molecule has 1 fully saturated rings.